The van der Waals surface area contributed by atoms with E-state index in [1.807, 2.05) is 18.2 Å². The van der Waals surface area contributed by atoms with Crippen LogP contribution in [0.4, 0.5) is 8.78 Å². The summed E-state index contributed by atoms with van der Waals surface area (Å²) in [5.74, 6) is 1.68. The highest BCUT2D eigenvalue weighted by atomic mass is 19.3. The number of para-hydroxylation sites is 1. The SMILES string of the molecule is COc1cccc(CN2CCC[C@@H](c3cc(C(F)F)n4ncnc4n3)C2)c1OC. The minimum Gasteiger partial charge on any atom is -0.493 e. The van der Waals surface area contributed by atoms with Crippen molar-refractivity contribution in [3.05, 3.63) is 47.5 Å². The molecule has 2 aromatic heterocycles. The van der Waals surface area contributed by atoms with Gasteiger partial charge in [-0.3, -0.25) is 4.90 Å². The van der Waals surface area contributed by atoms with Crippen molar-refractivity contribution < 1.29 is 18.3 Å². The number of halogens is 2. The first-order valence-corrected chi connectivity index (χ1v) is 9.51. The van der Waals surface area contributed by atoms with Gasteiger partial charge >= 0.3 is 0 Å². The van der Waals surface area contributed by atoms with Crippen molar-refractivity contribution in [1.82, 2.24) is 24.5 Å². The Kier molecular flexibility index (Phi) is 5.57. The van der Waals surface area contributed by atoms with Crippen molar-refractivity contribution in [3.63, 3.8) is 0 Å². The molecule has 1 atom stereocenters. The Hall–Kier alpha value is -2.81. The summed E-state index contributed by atoms with van der Waals surface area (Å²) in [6.45, 7) is 2.33. The van der Waals surface area contributed by atoms with Gasteiger partial charge in [0, 0.05) is 24.6 Å². The van der Waals surface area contributed by atoms with Crippen LogP contribution in [-0.4, -0.2) is 51.8 Å². The quantitative estimate of drug-likeness (QED) is 0.628. The standard InChI is InChI=1S/C20H23F2N5O2/c1-28-17-7-3-5-14(18(17)29-2)11-26-8-4-6-13(10-26)15-9-16(19(21)22)27-20(25-15)23-12-24-27/h3,5,7,9,12-13,19H,4,6,8,10-11H2,1-2H3/t13-/m1/s1. The maximum atomic E-state index is 13.5. The van der Waals surface area contributed by atoms with Crippen molar-refractivity contribution in [2.45, 2.75) is 31.7 Å². The van der Waals surface area contributed by atoms with E-state index in [2.05, 4.69) is 20.0 Å². The maximum absolute atomic E-state index is 13.5. The highest BCUT2D eigenvalue weighted by molar-refractivity contribution is 5.46. The lowest BCUT2D eigenvalue weighted by Crippen LogP contribution is -2.34. The number of likely N-dealkylation sites (tertiary alicyclic amines) is 1. The number of alkyl halides is 2. The maximum Gasteiger partial charge on any atom is 0.280 e. The fraction of sp³-hybridized carbons (Fsp3) is 0.450. The second-order valence-corrected chi connectivity index (χ2v) is 7.11. The summed E-state index contributed by atoms with van der Waals surface area (Å²) in [6, 6.07) is 7.28. The monoisotopic (exact) mass is 403 g/mol. The summed E-state index contributed by atoms with van der Waals surface area (Å²) < 4.78 is 39.0. The Balaban J connectivity index is 1.57. The molecule has 0 unspecified atom stereocenters. The zero-order valence-corrected chi connectivity index (χ0v) is 16.4. The van der Waals surface area contributed by atoms with Crippen LogP contribution in [0.2, 0.25) is 0 Å². The van der Waals surface area contributed by atoms with Gasteiger partial charge in [-0.15, -0.1) is 0 Å². The zero-order valence-electron chi connectivity index (χ0n) is 16.4. The molecule has 0 radical (unpaired) electrons. The first-order chi connectivity index (χ1) is 14.1. The summed E-state index contributed by atoms with van der Waals surface area (Å²) in [7, 11) is 3.25. The molecule has 0 bridgehead atoms. The molecule has 4 rings (SSSR count). The van der Waals surface area contributed by atoms with E-state index in [1.165, 1.54) is 12.4 Å². The molecule has 0 amide bonds. The van der Waals surface area contributed by atoms with Crippen LogP contribution >= 0.6 is 0 Å². The lowest BCUT2D eigenvalue weighted by Gasteiger charge is -2.33. The lowest BCUT2D eigenvalue weighted by molar-refractivity contribution is 0.142. The second-order valence-electron chi connectivity index (χ2n) is 7.11. The van der Waals surface area contributed by atoms with Crippen LogP contribution in [0.3, 0.4) is 0 Å². The fourth-order valence-electron chi connectivity index (χ4n) is 3.98. The average molecular weight is 403 g/mol. The molecule has 3 heterocycles. The predicted octanol–water partition coefficient (Wildman–Crippen LogP) is 3.46. The van der Waals surface area contributed by atoms with Crippen LogP contribution in [-0.2, 0) is 6.54 Å². The third kappa shape index (κ3) is 3.87. The molecule has 154 valence electrons. The molecular weight excluding hydrogens is 380 g/mol. The molecular formula is C20H23F2N5O2. The molecule has 9 heteroatoms. The molecule has 7 nitrogen and oxygen atoms in total. The molecule has 0 N–H and O–H groups in total. The van der Waals surface area contributed by atoms with Gasteiger partial charge in [0.15, 0.2) is 11.5 Å². The molecule has 1 aromatic carbocycles. The number of methoxy groups -OCH3 is 2. The van der Waals surface area contributed by atoms with Gasteiger partial charge in [-0.1, -0.05) is 12.1 Å². The van der Waals surface area contributed by atoms with Crippen molar-refractivity contribution >= 4 is 5.78 Å². The van der Waals surface area contributed by atoms with Crippen LogP contribution < -0.4 is 9.47 Å². The van der Waals surface area contributed by atoms with E-state index in [4.69, 9.17) is 9.47 Å². The number of rotatable bonds is 6. The van der Waals surface area contributed by atoms with Crippen molar-refractivity contribution in [2.75, 3.05) is 27.3 Å². The molecule has 0 spiro atoms. The second kappa shape index (κ2) is 8.28. The van der Waals surface area contributed by atoms with E-state index in [0.29, 0.717) is 18.0 Å². The summed E-state index contributed by atoms with van der Waals surface area (Å²) >= 11 is 0. The van der Waals surface area contributed by atoms with Crippen LogP contribution in [0.25, 0.3) is 5.78 Å². The van der Waals surface area contributed by atoms with E-state index in [-0.39, 0.29) is 17.4 Å². The summed E-state index contributed by atoms with van der Waals surface area (Å²) in [5, 5.41) is 3.86. The Morgan fingerprint density at radius 3 is 2.86 bits per heavy atom. The number of ether oxygens (including phenoxy) is 2. The number of hydrogen-bond donors (Lipinski definition) is 0. The number of aromatic nitrogens is 4. The highest BCUT2D eigenvalue weighted by Crippen LogP contribution is 2.34. The van der Waals surface area contributed by atoms with Gasteiger partial charge in [-0.25, -0.2) is 13.8 Å². The van der Waals surface area contributed by atoms with Crippen molar-refractivity contribution in [3.8, 4) is 11.5 Å². The largest absolute Gasteiger partial charge is 0.493 e. The van der Waals surface area contributed by atoms with E-state index in [0.717, 1.165) is 41.8 Å². The number of benzene rings is 1. The van der Waals surface area contributed by atoms with Gasteiger partial charge in [-0.05, 0) is 31.5 Å². The molecule has 1 saturated heterocycles. The minimum atomic E-state index is -2.64. The lowest BCUT2D eigenvalue weighted by atomic mass is 9.93. The summed E-state index contributed by atoms with van der Waals surface area (Å²) in [4.78, 5) is 10.8. The Bertz CT molecular complexity index is 994. The highest BCUT2D eigenvalue weighted by Gasteiger charge is 2.26. The molecule has 1 fully saturated rings. The van der Waals surface area contributed by atoms with E-state index >= 15 is 0 Å². The van der Waals surface area contributed by atoms with Crippen molar-refractivity contribution in [1.29, 1.82) is 0 Å². The van der Waals surface area contributed by atoms with E-state index < -0.39 is 6.43 Å². The van der Waals surface area contributed by atoms with Crippen molar-refractivity contribution in [2.24, 2.45) is 0 Å². The van der Waals surface area contributed by atoms with Crippen LogP contribution in [0.15, 0.2) is 30.6 Å². The Labute approximate surface area is 167 Å². The molecule has 0 aliphatic carbocycles. The smallest absolute Gasteiger partial charge is 0.280 e. The van der Waals surface area contributed by atoms with Gasteiger partial charge in [0.2, 0.25) is 0 Å². The fourth-order valence-corrected chi connectivity index (χ4v) is 3.98. The molecule has 0 saturated carbocycles. The third-order valence-corrected chi connectivity index (χ3v) is 5.33. The normalized spacial score (nSPS) is 17.8. The predicted molar refractivity (Wildman–Crippen MR) is 103 cm³/mol. The van der Waals surface area contributed by atoms with E-state index in [9.17, 15) is 8.78 Å². The molecule has 3 aromatic rings. The Morgan fingerprint density at radius 2 is 2.10 bits per heavy atom. The summed E-state index contributed by atoms with van der Waals surface area (Å²) in [6.07, 6.45) is 0.466. The van der Waals surface area contributed by atoms with Gasteiger partial charge in [-0.2, -0.15) is 14.6 Å². The zero-order chi connectivity index (χ0) is 20.4. The minimum absolute atomic E-state index is 0.0551. The molecule has 1 aliphatic heterocycles. The number of nitrogens with zero attached hydrogens (tertiary/aromatic N) is 5. The van der Waals surface area contributed by atoms with Crippen LogP contribution in [0.5, 0.6) is 11.5 Å². The number of hydrogen-bond acceptors (Lipinski definition) is 6. The average Bonchev–Trinajstić information content (AvgIpc) is 3.21. The van der Waals surface area contributed by atoms with Crippen LogP contribution in [0, 0.1) is 0 Å². The van der Waals surface area contributed by atoms with Gasteiger partial charge in [0.25, 0.3) is 12.2 Å². The topological polar surface area (TPSA) is 64.8 Å². The van der Waals surface area contributed by atoms with Gasteiger partial charge in [0.1, 0.15) is 12.0 Å². The molecule has 29 heavy (non-hydrogen) atoms. The first kappa shape index (κ1) is 19.5. The van der Waals surface area contributed by atoms with Gasteiger partial charge in [0.05, 0.1) is 19.9 Å². The number of fused-ring (bicyclic) bond motifs is 1. The Morgan fingerprint density at radius 1 is 1.24 bits per heavy atom. The first-order valence-electron chi connectivity index (χ1n) is 9.51. The van der Waals surface area contributed by atoms with Crippen LogP contribution in [0.1, 0.15) is 42.1 Å². The number of piperidine rings is 1. The van der Waals surface area contributed by atoms with E-state index in [1.54, 1.807) is 14.2 Å². The summed E-state index contributed by atoms with van der Waals surface area (Å²) in [5.41, 5.74) is 1.50. The molecule has 1 aliphatic rings. The van der Waals surface area contributed by atoms with Gasteiger partial charge < -0.3 is 9.47 Å². The third-order valence-electron chi connectivity index (χ3n) is 5.33.